The maximum absolute atomic E-state index is 12.6. The summed E-state index contributed by atoms with van der Waals surface area (Å²) in [5, 5.41) is 7.26. The molecule has 4 aromatic heterocycles. The minimum atomic E-state index is -0.465. The summed E-state index contributed by atoms with van der Waals surface area (Å²) in [5.41, 5.74) is 1.78. The van der Waals surface area contributed by atoms with E-state index in [9.17, 15) is 9.59 Å². The van der Waals surface area contributed by atoms with Crippen molar-refractivity contribution in [2.75, 3.05) is 5.32 Å². The number of aromatic amines is 1. The van der Waals surface area contributed by atoms with Gasteiger partial charge in [-0.1, -0.05) is 0 Å². The number of aromatic nitrogens is 4. The Kier molecular flexibility index (Phi) is 4.62. The molecule has 0 aromatic carbocycles. The molecule has 0 spiro atoms. The number of rotatable bonds is 4. The molecule has 30 heavy (non-hydrogen) atoms. The summed E-state index contributed by atoms with van der Waals surface area (Å²) >= 11 is 3.18. The number of aryl methyl sites for hydroxylation is 1. The van der Waals surface area contributed by atoms with Crippen LogP contribution >= 0.6 is 15.9 Å². The first-order chi connectivity index (χ1) is 14.6. The number of anilines is 1. The van der Waals surface area contributed by atoms with Crippen LogP contribution < -0.4 is 10.9 Å². The van der Waals surface area contributed by atoms with Gasteiger partial charge in [-0.25, -0.2) is 4.98 Å². The van der Waals surface area contributed by atoms with Crippen molar-refractivity contribution in [3.63, 3.8) is 0 Å². The van der Waals surface area contributed by atoms with Crippen LogP contribution in [0.2, 0.25) is 0 Å². The lowest BCUT2D eigenvalue weighted by molar-refractivity contribution is 0.0994. The molecule has 2 N–H and O–H groups in total. The van der Waals surface area contributed by atoms with E-state index in [1.54, 1.807) is 30.3 Å². The van der Waals surface area contributed by atoms with Gasteiger partial charge in [0, 0.05) is 11.6 Å². The molecule has 0 saturated carbocycles. The van der Waals surface area contributed by atoms with E-state index in [0.29, 0.717) is 28.4 Å². The van der Waals surface area contributed by atoms with E-state index in [1.165, 1.54) is 10.9 Å². The van der Waals surface area contributed by atoms with Gasteiger partial charge in [0.25, 0.3) is 11.5 Å². The average Bonchev–Trinajstić information content (AvgIpc) is 3.48. The predicted octanol–water partition coefficient (Wildman–Crippen LogP) is 3.70. The van der Waals surface area contributed by atoms with Crippen molar-refractivity contribution in [1.29, 1.82) is 0 Å². The minimum Gasteiger partial charge on any atom is -0.463 e. The molecule has 1 aliphatic rings. The van der Waals surface area contributed by atoms with Crippen molar-refractivity contribution in [3.8, 4) is 17.4 Å². The number of halogens is 1. The Labute approximate surface area is 178 Å². The first-order valence-corrected chi connectivity index (χ1v) is 10.2. The Morgan fingerprint density at radius 3 is 2.87 bits per heavy atom. The van der Waals surface area contributed by atoms with Gasteiger partial charge in [-0.05, 0) is 65.9 Å². The van der Waals surface area contributed by atoms with E-state index < -0.39 is 5.91 Å². The molecule has 0 fully saturated rings. The van der Waals surface area contributed by atoms with E-state index in [1.807, 2.05) is 0 Å². The summed E-state index contributed by atoms with van der Waals surface area (Å²) < 4.78 is 12.6. The Morgan fingerprint density at radius 2 is 2.10 bits per heavy atom. The zero-order valence-electron chi connectivity index (χ0n) is 15.6. The van der Waals surface area contributed by atoms with E-state index >= 15 is 0 Å². The largest absolute Gasteiger partial charge is 0.463 e. The maximum Gasteiger partial charge on any atom is 0.292 e. The van der Waals surface area contributed by atoms with Crippen LogP contribution in [0.5, 0.6) is 0 Å². The summed E-state index contributed by atoms with van der Waals surface area (Å²) in [6.07, 6.45) is 4.94. The molecule has 0 aliphatic heterocycles. The van der Waals surface area contributed by atoms with Crippen LogP contribution in [0.15, 0.2) is 54.9 Å². The van der Waals surface area contributed by atoms with Gasteiger partial charge in [-0.15, -0.1) is 0 Å². The van der Waals surface area contributed by atoms with E-state index in [4.69, 9.17) is 8.83 Å². The lowest BCUT2D eigenvalue weighted by Crippen LogP contribution is -2.24. The number of carbonyl (C=O) groups excluding carboxylic acids is 1. The highest BCUT2D eigenvalue weighted by molar-refractivity contribution is 9.10. The number of hydrogen-bond acceptors (Lipinski definition) is 6. The molecule has 0 saturated heterocycles. The van der Waals surface area contributed by atoms with Crippen LogP contribution in [0.1, 0.15) is 34.7 Å². The highest BCUT2D eigenvalue weighted by atomic mass is 79.9. The van der Waals surface area contributed by atoms with Crippen molar-refractivity contribution < 1.29 is 13.6 Å². The van der Waals surface area contributed by atoms with Gasteiger partial charge in [0.15, 0.2) is 16.2 Å². The van der Waals surface area contributed by atoms with Crippen LogP contribution in [-0.2, 0) is 12.8 Å². The fraction of sp³-hybridized carbons (Fsp3) is 0.200. The van der Waals surface area contributed by atoms with Crippen molar-refractivity contribution in [3.05, 3.63) is 68.6 Å². The van der Waals surface area contributed by atoms with E-state index in [-0.39, 0.29) is 17.3 Å². The molecule has 0 unspecified atom stereocenters. The molecule has 10 heteroatoms. The van der Waals surface area contributed by atoms with Gasteiger partial charge < -0.3 is 14.2 Å². The Hall–Kier alpha value is -3.40. The number of hydrogen-bond donors (Lipinski definition) is 2. The van der Waals surface area contributed by atoms with Gasteiger partial charge in [0.2, 0.25) is 5.95 Å². The standard InChI is InChI=1S/C20H16BrN5O4/c21-16-8-7-15(30-16)19(28)23-17-10-13(14-6-3-9-29-14)25-26(17)20-22-12-5-2-1-4-11(12)18(27)24-20/h3,6-10H,1-2,4-5H2,(H,23,28)(H,22,24,27). The van der Waals surface area contributed by atoms with Gasteiger partial charge in [0.1, 0.15) is 11.5 Å². The second kappa shape index (κ2) is 7.45. The number of amides is 1. The third kappa shape index (κ3) is 3.39. The first kappa shape index (κ1) is 18.6. The molecular formula is C20H16BrN5O4. The fourth-order valence-corrected chi connectivity index (χ4v) is 3.79. The molecule has 0 radical (unpaired) electrons. The smallest absolute Gasteiger partial charge is 0.292 e. The molecule has 4 aromatic rings. The van der Waals surface area contributed by atoms with Gasteiger partial charge in [0.05, 0.1) is 12.0 Å². The van der Waals surface area contributed by atoms with Gasteiger partial charge in [-0.2, -0.15) is 9.78 Å². The topological polar surface area (TPSA) is 119 Å². The zero-order valence-corrected chi connectivity index (χ0v) is 17.2. The third-order valence-electron chi connectivity index (χ3n) is 4.90. The fourth-order valence-electron chi connectivity index (χ4n) is 3.48. The minimum absolute atomic E-state index is 0.126. The molecule has 1 amide bonds. The highest BCUT2D eigenvalue weighted by Gasteiger charge is 2.21. The lowest BCUT2D eigenvalue weighted by atomic mass is 9.97. The zero-order chi connectivity index (χ0) is 20.7. The van der Waals surface area contributed by atoms with Gasteiger partial charge >= 0.3 is 0 Å². The molecule has 9 nitrogen and oxygen atoms in total. The quantitative estimate of drug-likeness (QED) is 0.470. The van der Waals surface area contributed by atoms with Gasteiger partial charge in [-0.3, -0.25) is 14.6 Å². The number of H-pyrrole nitrogens is 1. The monoisotopic (exact) mass is 469 g/mol. The van der Waals surface area contributed by atoms with Crippen molar-refractivity contribution in [2.45, 2.75) is 25.7 Å². The molecule has 4 heterocycles. The van der Waals surface area contributed by atoms with Crippen LogP contribution in [0.4, 0.5) is 5.82 Å². The van der Waals surface area contributed by atoms with Crippen molar-refractivity contribution in [1.82, 2.24) is 19.7 Å². The SMILES string of the molecule is O=C(Nc1cc(-c2ccco2)nn1-c1nc2c(c(=O)[nH]1)CCCC2)c1ccc(Br)o1. The summed E-state index contributed by atoms with van der Waals surface area (Å²) in [4.78, 5) is 32.6. The molecule has 1 aliphatic carbocycles. The molecular weight excluding hydrogens is 454 g/mol. The molecule has 152 valence electrons. The molecule has 5 rings (SSSR count). The number of nitrogens with zero attached hydrogens (tertiary/aromatic N) is 3. The molecule has 0 atom stereocenters. The number of carbonyl (C=O) groups is 1. The molecule has 0 bridgehead atoms. The summed E-state index contributed by atoms with van der Waals surface area (Å²) in [6.45, 7) is 0. The first-order valence-electron chi connectivity index (χ1n) is 9.41. The second-order valence-corrected chi connectivity index (χ2v) is 7.67. The number of fused-ring (bicyclic) bond motifs is 1. The van der Waals surface area contributed by atoms with Crippen LogP contribution in [0.25, 0.3) is 17.4 Å². The lowest BCUT2D eigenvalue weighted by Gasteiger charge is -2.15. The normalized spacial score (nSPS) is 13.2. The number of nitrogens with one attached hydrogen (secondary N) is 2. The number of furan rings is 2. The Balaban J connectivity index is 1.59. The van der Waals surface area contributed by atoms with E-state index in [2.05, 4.69) is 36.3 Å². The summed E-state index contributed by atoms with van der Waals surface area (Å²) in [5.74, 6) is 0.728. The van der Waals surface area contributed by atoms with Crippen LogP contribution in [0.3, 0.4) is 0 Å². The Morgan fingerprint density at radius 1 is 1.23 bits per heavy atom. The third-order valence-corrected chi connectivity index (χ3v) is 5.33. The van der Waals surface area contributed by atoms with Crippen LogP contribution in [-0.4, -0.2) is 25.7 Å². The predicted molar refractivity (Wildman–Crippen MR) is 111 cm³/mol. The van der Waals surface area contributed by atoms with Crippen molar-refractivity contribution in [2.24, 2.45) is 0 Å². The van der Waals surface area contributed by atoms with Crippen LogP contribution in [0, 0.1) is 0 Å². The van der Waals surface area contributed by atoms with E-state index in [0.717, 1.165) is 30.5 Å². The van der Waals surface area contributed by atoms with Crippen molar-refractivity contribution >= 4 is 27.7 Å². The summed E-state index contributed by atoms with van der Waals surface area (Å²) in [6, 6.07) is 8.32. The maximum atomic E-state index is 12.6. The second-order valence-electron chi connectivity index (χ2n) is 6.88. The summed E-state index contributed by atoms with van der Waals surface area (Å²) in [7, 11) is 0. The highest BCUT2D eigenvalue weighted by Crippen LogP contribution is 2.26. The Bertz CT molecular complexity index is 1290. The average molecular weight is 470 g/mol.